The highest BCUT2D eigenvalue weighted by Gasteiger charge is 2.02. The van der Waals surface area contributed by atoms with Crippen molar-refractivity contribution in [3.63, 3.8) is 0 Å². The summed E-state index contributed by atoms with van der Waals surface area (Å²) in [5.74, 6) is 0.127. The van der Waals surface area contributed by atoms with Gasteiger partial charge in [-0.3, -0.25) is 4.79 Å². The van der Waals surface area contributed by atoms with Crippen LogP contribution in [0.1, 0.15) is 23.5 Å². The van der Waals surface area contributed by atoms with Gasteiger partial charge in [0.2, 0.25) is 5.91 Å². The molecule has 0 atom stereocenters. The minimum atomic E-state index is 0.127. The molecule has 1 aromatic heterocycles. The topological polar surface area (TPSA) is 54.0 Å². The summed E-state index contributed by atoms with van der Waals surface area (Å²) in [6.07, 6.45) is 2.35. The molecule has 0 aliphatic carbocycles. The monoisotopic (exact) mass is 241 g/mol. The highest BCUT2D eigenvalue weighted by molar-refractivity contribution is 7.09. The molecular formula is C11H19N3OS. The molecule has 0 aliphatic rings. The lowest BCUT2D eigenvalue weighted by atomic mass is 10.2. The molecule has 1 heterocycles. The average Bonchev–Trinajstić information content (AvgIpc) is 2.65. The third-order valence-corrected chi connectivity index (χ3v) is 3.02. The molecule has 0 bridgehead atoms. The second-order valence-corrected chi connectivity index (χ2v) is 4.73. The van der Waals surface area contributed by atoms with Crippen LogP contribution in [0.5, 0.6) is 0 Å². The SMILES string of the molecule is CNCCNC(=O)CCCc1csc(C)n1. The average molecular weight is 241 g/mol. The van der Waals surface area contributed by atoms with Gasteiger partial charge in [0.1, 0.15) is 0 Å². The second-order valence-electron chi connectivity index (χ2n) is 3.66. The van der Waals surface area contributed by atoms with Crippen molar-refractivity contribution >= 4 is 17.2 Å². The summed E-state index contributed by atoms with van der Waals surface area (Å²) in [6, 6.07) is 0. The summed E-state index contributed by atoms with van der Waals surface area (Å²) in [7, 11) is 1.87. The normalized spacial score (nSPS) is 10.4. The largest absolute Gasteiger partial charge is 0.355 e. The van der Waals surface area contributed by atoms with Crippen molar-refractivity contribution in [2.75, 3.05) is 20.1 Å². The highest BCUT2D eigenvalue weighted by atomic mass is 32.1. The molecule has 16 heavy (non-hydrogen) atoms. The van der Waals surface area contributed by atoms with Gasteiger partial charge in [-0.25, -0.2) is 4.98 Å². The highest BCUT2D eigenvalue weighted by Crippen LogP contribution is 2.10. The molecule has 4 nitrogen and oxygen atoms in total. The minimum absolute atomic E-state index is 0.127. The van der Waals surface area contributed by atoms with Gasteiger partial charge in [0, 0.05) is 24.9 Å². The number of carbonyl (C=O) groups is 1. The molecule has 0 unspecified atom stereocenters. The first-order valence-corrected chi connectivity index (χ1v) is 6.42. The van der Waals surface area contributed by atoms with Crippen LogP contribution < -0.4 is 10.6 Å². The van der Waals surface area contributed by atoms with E-state index >= 15 is 0 Å². The standard InChI is InChI=1S/C11H19N3OS/c1-9-14-10(8-16-9)4-3-5-11(15)13-7-6-12-2/h8,12H,3-7H2,1-2H3,(H,13,15). The van der Waals surface area contributed by atoms with Crippen LogP contribution in [0.15, 0.2) is 5.38 Å². The molecule has 0 saturated carbocycles. The summed E-state index contributed by atoms with van der Waals surface area (Å²) in [6.45, 7) is 3.51. The Labute approximate surface area is 100 Å². The van der Waals surface area contributed by atoms with Crippen LogP contribution in [0.2, 0.25) is 0 Å². The molecule has 2 N–H and O–H groups in total. The number of aromatic nitrogens is 1. The van der Waals surface area contributed by atoms with Crippen LogP contribution in [-0.2, 0) is 11.2 Å². The number of rotatable bonds is 7. The summed E-state index contributed by atoms with van der Waals surface area (Å²) < 4.78 is 0. The quantitative estimate of drug-likeness (QED) is 0.703. The molecule has 1 rings (SSSR count). The zero-order chi connectivity index (χ0) is 11.8. The van der Waals surface area contributed by atoms with Crippen LogP contribution in [-0.4, -0.2) is 31.0 Å². The van der Waals surface area contributed by atoms with Crippen LogP contribution in [0.3, 0.4) is 0 Å². The lowest BCUT2D eigenvalue weighted by Crippen LogP contribution is -2.30. The summed E-state index contributed by atoms with van der Waals surface area (Å²) in [5.41, 5.74) is 1.10. The van der Waals surface area contributed by atoms with E-state index in [1.807, 2.05) is 14.0 Å². The molecule has 5 heteroatoms. The molecule has 0 aromatic carbocycles. The zero-order valence-corrected chi connectivity index (χ0v) is 10.7. The van der Waals surface area contributed by atoms with Gasteiger partial charge in [-0.1, -0.05) is 0 Å². The number of nitrogens with zero attached hydrogens (tertiary/aromatic N) is 1. The Balaban J connectivity index is 2.08. The Kier molecular flexibility index (Phi) is 6.03. The van der Waals surface area contributed by atoms with Gasteiger partial charge in [0.25, 0.3) is 0 Å². The summed E-state index contributed by atoms with van der Waals surface area (Å²) in [5, 5.41) is 9.00. The van der Waals surface area contributed by atoms with E-state index in [1.54, 1.807) is 11.3 Å². The number of carbonyl (C=O) groups excluding carboxylic acids is 1. The van der Waals surface area contributed by atoms with Crippen molar-refractivity contribution in [3.8, 4) is 0 Å². The van der Waals surface area contributed by atoms with Gasteiger partial charge < -0.3 is 10.6 Å². The van der Waals surface area contributed by atoms with Gasteiger partial charge in [-0.05, 0) is 26.8 Å². The van der Waals surface area contributed by atoms with Gasteiger partial charge in [-0.15, -0.1) is 11.3 Å². The number of hydrogen-bond donors (Lipinski definition) is 2. The van der Waals surface area contributed by atoms with Crippen molar-refractivity contribution in [2.45, 2.75) is 26.2 Å². The molecule has 1 aromatic rings. The van der Waals surface area contributed by atoms with Gasteiger partial charge in [0.15, 0.2) is 0 Å². The molecule has 0 saturated heterocycles. The van der Waals surface area contributed by atoms with Gasteiger partial charge in [0.05, 0.1) is 10.7 Å². The van der Waals surface area contributed by atoms with Crippen LogP contribution in [0.25, 0.3) is 0 Å². The van der Waals surface area contributed by atoms with Crippen LogP contribution >= 0.6 is 11.3 Å². The fourth-order valence-electron chi connectivity index (χ4n) is 1.37. The van der Waals surface area contributed by atoms with Crippen molar-refractivity contribution < 1.29 is 4.79 Å². The molecule has 0 aliphatic heterocycles. The molecule has 0 spiro atoms. The Morgan fingerprint density at radius 1 is 1.50 bits per heavy atom. The smallest absolute Gasteiger partial charge is 0.220 e. The lowest BCUT2D eigenvalue weighted by molar-refractivity contribution is -0.121. The second kappa shape index (κ2) is 7.35. The van der Waals surface area contributed by atoms with E-state index in [9.17, 15) is 4.79 Å². The number of aryl methyl sites for hydroxylation is 2. The number of thiazole rings is 1. The molecule has 0 radical (unpaired) electrons. The Morgan fingerprint density at radius 3 is 2.94 bits per heavy atom. The summed E-state index contributed by atoms with van der Waals surface area (Å²) >= 11 is 1.66. The number of amides is 1. The fourth-order valence-corrected chi connectivity index (χ4v) is 2.02. The van der Waals surface area contributed by atoms with E-state index in [1.165, 1.54) is 0 Å². The van der Waals surface area contributed by atoms with Crippen molar-refractivity contribution in [3.05, 3.63) is 16.1 Å². The first-order valence-electron chi connectivity index (χ1n) is 5.54. The van der Waals surface area contributed by atoms with Crippen molar-refractivity contribution in [2.24, 2.45) is 0 Å². The van der Waals surface area contributed by atoms with E-state index in [0.29, 0.717) is 13.0 Å². The predicted octanol–water partition coefficient (Wildman–Crippen LogP) is 1.11. The third-order valence-electron chi connectivity index (χ3n) is 2.20. The van der Waals surface area contributed by atoms with Crippen LogP contribution in [0, 0.1) is 6.92 Å². The maximum absolute atomic E-state index is 11.4. The Bertz CT molecular complexity index is 325. The first-order chi connectivity index (χ1) is 7.72. The minimum Gasteiger partial charge on any atom is -0.355 e. The first kappa shape index (κ1) is 13.1. The molecule has 0 fully saturated rings. The summed E-state index contributed by atoms with van der Waals surface area (Å²) in [4.78, 5) is 15.7. The fraction of sp³-hybridized carbons (Fsp3) is 0.636. The zero-order valence-electron chi connectivity index (χ0n) is 9.88. The lowest BCUT2D eigenvalue weighted by Gasteiger charge is -2.03. The van der Waals surface area contributed by atoms with Crippen molar-refractivity contribution in [1.29, 1.82) is 0 Å². The van der Waals surface area contributed by atoms with E-state index in [2.05, 4.69) is 21.0 Å². The predicted molar refractivity (Wildman–Crippen MR) is 66.7 cm³/mol. The molecule has 1 amide bonds. The molecule has 90 valence electrons. The van der Waals surface area contributed by atoms with E-state index < -0.39 is 0 Å². The van der Waals surface area contributed by atoms with Crippen LogP contribution in [0.4, 0.5) is 0 Å². The maximum Gasteiger partial charge on any atom is 0.220 e. The Morgan fingerprint density at radius 2 is 2.31 bits per heavy atom. The van der Waals surface area contributed by atoms with E-state index in [0.717, 1.165) is 30.1 Å². The maximum atomic E-state index is 11.4. The molecular weight excluding hydrogens is 222 g/mol. The van der Waals surface area contributed by atoms with Gasteiger partial charge >= 0.3 is 0 Å². The number of hydrogen-bond acceptors (Lipinski definition) is 4. The number of likely N-dealkylation sites (N-methyl/N-ethyl adjacent to an activating group) is 1. The Hall–Kier alpha value is -0.940. The van der Waals surface area contributed by atoms with Gasteiger partial charge in [-0.2, -0.15) is 0 Å². The van der Waals surface area contributed by atoms with E-state index in [-0.39, 0.29) is 5.91 Å². The van der Waals surface area contributed by atoms with E-state index in [4.69, 9.17) is 0 Å². The number of nitrogens with one attached hydrogen (secondary N) is 2. The third kappa shape index (κ3) is 5.23. The van der Waals surface area contributed by atoms with Crippen molar-refractivity contribution in [1.82, 2.24) is 15.6 Å².